The molecule has 166 valence electrons. The fourth-order valence-electron chi connectivity index (χ4n) is 6.95. The van der Waals surface area contributed by atoms with Gasteiger partial charge in [0.15, 0.2) is 11.2 Å². The maximum Gasteiger partial charge on any atom is 0.280 e. The standard InChI is InChI=1S/C24H28N6O2/c25-23-28-21-20(22(32)29-23)26-13-30(21)6-5-19(31)27-18-3-1-17(2-4-18)24-10-14-7-15(11-24)9-16(8-14)12-24/h1-4,13-16H,5-12H2,(H,27,31)(H3,25,28,29,32). The van der Waals surface area contributed by atoms with Crippen molar-refractivity contribution in [2.24, 2.45) is 17.8 Å². The lowest BCUT2D eigenvalue weighted by Gasteiger charge is -2.57. The van der Waals surface area contributed by atoms with E-state index in [2.05, 4.69) is 32.4 Å². The highest BCUT2D eigenvalue weighted by Gasteiger charge is 2.51. The van der Waals surface area contributed by atoms with Gasteiger partial charge in [-0.25, -0.2) is 4.98 Å². The zero-order chi connectivity index (χ0) is 21.9. The number of aromatic nitrogens is 4. The fourth-order valence-corrected chi connectivity index (χ4v) is 6.95. The Labute approximate surface area is 185 Å². The van der Waals surface area contributed by atoms with Crippen molar-refractivity contribution in [3.8, 4) is 0 Å². The van der Waals surface area contributed by atoms with Gasteiger partial charge in [-0.15, -0.1) is 0 Å². The summed E-state index contributed by atoms with van der Waals surface area (Å²) in [6.45, 7) is 0.365. The average Bonchev–Trinajstić information content (AvgIpc) is 3.15. The number of carbonyl (C=O) groups excluding carboxylic acids is 1. The van der Waals surface area contributed by atoms with E-state index in [1.807, 2.05) is 12.1 Å². The minimum atomic E-state index is -0.380. The van der Waals surface area contributed by atoms with Crippen LogP contribution >= 0.6 is 0 Å². The molecule has 2 aromatic heterocycles. The molecule has 3 aromatic rings. The van der Waals surface area contributed by atoms with Gasteiger partial charge >= 0.3 is 0 Å². The topological polar surface area (TPSA) is 119 Å². The Morgan fingerprint density at radius 3 is 2.44 bits per heavy atom. The van der Waals surface area contributed by atoms with Crippen molar-refractivity contribution < 1.29 is 4.79 Å². The number of hydrogen-bond acceptors (Lipinski definition) is 5. The van der Waals surface area contributed by atoms with Crippen LogP contribution in [0.15, 0.2) is 35.4 Å². The number of rotatable bonds is 5. The van der Waals surface area contributed by atoms with Gasteiger partial charge in [-0.05, 0) is 79.4 Å². The first kappa shape index (κ1) is 19.5. The molecule has 8 heteroatoms. The van der Waals surface area contributed by atoms with Crippen LogP contribution in [0.25, 0.3) is 11.2 Å². The molecule has 32 heavy (non-hydrogen) atoms. The molecule has 0 saturated heterocycles. The number of nitrogens with one attached hydrogen (secondary N) is 2. The van der Waals surface area contributed by atoms with Gasteiger partial charge in [0, 0.05) is 18.7 Å². The molecule has 4 aliphatic carbocycles. The summed E-state index contributed by atoms with van der Waals surface area (Å²) in [6, 6.07) is 8.54. The molecule has 0 atom stereocenters. The van der Waals surface area contributed by atoms with Crippen LogP contribution in [0.3, 0.4) is 0 Å². The van der Waals surface area contributed by atoms with Gasteiger partial charge in [-0.1, -0.05) is 12.1 Å². The number of carbonyl (C=O) groups is 1. The Balaban J connectivity index is 1.11. The summed E-state index contributed by atoms with van der Waals surface area (Å²) < 4.78 is 1.68. The molecule has 1 amide bonds. The van der Waals surface area contributed by atoms with Crippen LogP contribution in [0, 0.1) is 17.8 Å². The van der Waals surface area contributed by atoms with Crippen molar-refractivity contribution >= 4 is 28.7 Å². The molecule has 8 nitrogen and oxygen atoms in total. The van der Waals surface area contributed by atoms with Crippen LogP contribution < -0.4 is 16.6 Å². The second-order valence-corrected chi connectivity index (χ2v) is 10.1. The van der Waals surface area contributed by atoms with E-state index in [0.29, 0.717) is 17.6 Å². The van der Waals surface area contributed by atoms with Crippen LogP contribution in [0.2, 0.25) is 0 Å². The van der Waals surface area contributed by atoms with Crippen molar-refractivity contribution in [3.63, 3.8) is 0 Å². The summed E-state index contributed by atoms with van der Waals surface area (Å²) in [7, 11) is 0. The lowest BCUT2D eigenvalue weighted by molar-refractivity contribution is -0.116. The highest BCUT2D eigenvalue weighted by molar-refractivity contribution is 5.90. The smallest absolute Gasteiger partial charge is 0.280 e. The molecule has 7 rings (SSSR count). The number of imidazole rings is 1. The van der Waals surface area contributed by atoms with Crippen LogP contribution in [0.4, 0.5) is 11.6 Å². The van der Waals surface area contributed by atoms with Crippen molar-refractivity contribution in [2.45, 2.75) is 56.9 Å². The van der Waals surface area contributed by atoms with Crippen molar-refractivity contribution in [2.75, 3.05) is 11.1 Å². The molecule has 4 saturated carbocycles. The first-order chi connectivity index (χ1) is 15.5. The summed E-state index contributed by atoms with van der Waals surface area (Å²) in [6.07, 6.45) is 10.1. The number of nitrogens with zero attached hydrogens (tertiary/aromatic N) is 3. The first-order valence-corrected chi connectivity index (χ1v) is 11.6. The lowest BCUT2D eigenvalue weighted by Crippen LogP contribution is -2.48. The van der Waals surface area contributed by atoms with E-state index in [1.165, 1.54) is 50.4 Å². The van der Waals surface area contributed by atoms with Gasteiger partial charge in [-0.2, -0.15) is 4.98 Å². The van der Waals surface area contributed by atoms with Crippen LogP contribution in [0.1, 0.15) is 50.5 Å². The van der Waals surface area contributed by atoms with E-state index in [-0.39, 0.29) is 29.4 Å². The zero-order valence-electron chi connectivity index (χ0n) is 18.0. The molecular weight excluding hydrogens is 404 g/mol. The van der Waals surface area contributed by atoms with Gasteiger partial charge in [-0.3, -0.25) is 14.6 Å². The molecule has 4 aliphatic rings. The average molecular weight is 433 g/mol. The maximum absolute atomic E-state index is 12.5. The first-order valence-electron chi connectivity index (χ1n) is 11.6. The molecule has 4 fully saturated rings. The van der Waals surface area contributed by atoms with E-state index in [4.69, 9.17) is 5.73 Å². The number of H-pyrrole nitrogens is 1. The Morgan fingerprint density at radius 2 is 1.78 bits per heavy atom. The number of anilines is 2. The Hall–Kier alpha value is -3.16. The summed E-state index contributed by atoms with van der Waals surface area (Å²) in [5.41, 5.74) is 8.50. The monoisotopic (exact) mass is 432 g/mol. The SMILES string of the molecule is Nc1nc2c(ncn2CCC(=O)Nc2ccc(C34CC5CC(CC(C5)C3)C4)cc2)c(=O)[nH]1. The normalized spacial score (nSPS) is 28.3. The molecule has 0 aliphatic heterocycles. The number of aryl methyl sites for hydroxylation is 1. The quantitative estimate of drug-likeness (QED) is 0.572. The predicted octanol–water partition coefficient (Wildman–Crippen LogP) is 3.20. The minimum Gasteiger partial charge on any atom is -0.369 e. The molecule has 0 radical (unpaired) electrons. The number of aromatic amines is 1. The highest BCUT2D eigenvalue weighted by Crippen LogP contribution is 2.60. The van der Waals surface area contributed by atoms with Crippen molar-refractivity contribution in [3.05, 3.63) is 46.5 Å². The van der Waals surface area contributed by atoms with Gasteiger partial charge in [0.05, 0.1) is 6.33 Å². The van der Waals surface area contributed by atoms with Crippen molar-refractivity contribution in [1.82, 2.24) is 19.5 Å². The third-order valence-corrected chi connectivity index (χ3v) is 7.89. The number of nitrogen functional groups attached to an aromatic ring is 1. The van der Waals surface area contributed by atoms with Gasteiger partial charge in [0.1, 0.15) is 0 Å². The molecule has 1 aromatic carbocycles. The summed E-state index contributed by atoms with van der Waals surface area (Å²) in [4.78, 5) is 35.1. The molecule has 0 spiro atoms. The molecule has 4 bridgehead atoms. The second-order valence-electron chi connectivity index (χ2n) is 10.1. The molecule has 2 heterocycles. The number of nitrogens with two attached hydrogens (primary N) is 1. The van der Waals surface area contributed by atoms with E-state index < -0.39 is 0 Å². The summed E-state index contributed by atoms with van der Waals surface area (Å²) >= 11 is 0. The van der Waals surface area contributed by atoms with Gasteiger partial charge < -0.3 is 15.6 Å². The maximum atomic E-state index is 12.5. The minimum absolute atomic E-state index is 0.0350. The Kier molecular flexibility index (Phi) is 4.38. The Bertz CT molecular complexity index is 1210. The van der Waals surface area contributed by atoms with E-state index in [1.54, 1.807) is 4.57 Å². The van der Waals surface area contributed by atoms with Crippen LogP contribution in [0.5, 0.6) is 0 Å². The van der Waals surface area contributed by atoms with E-state index in [0.717, 1.165) is 23.4 Å². The van der Waals surface area contributed by atoms with Crippen LogP contribution in [-0.4, -0.2) is 25.4 Å². The van der Waals surface area contributed by atoms with Gasteiger partial charge in [0.25, 0.3) is 5.56 Å². The third kappa shape index (κ3) is 3.29. The van der Waals surface area contributed by atoms with E-state index in [9.17, 15) is 9.59 Å². The molecule has 0 unspecified atom stereocenters. The number of benzene rings is 1. The molecule has 4 N–H and O–H groups in total. The fraction of sp³-hybridized carbons (Fsp3) is 0.500. The predicted molar refractivity (Wildman–Crippen MR) is 122 cm³/mol. The van der Waals surface area contributed by atoms with Gasteiger partial charge in [0.2, 0.25) is 11.9 Å². The summed E-state index contributed by atoms with van der Waals surface area (Å²) in [5, 5.41) is 2.99. The number of fused-ring (bicyclic) bond motifs is 1. The summed E-state index contributed by atoms with van der Waals surface area (Å²) in [5.74, 6) is 2.70. The van der Waals surface area contributed by atoms with Crippen molar-refractivity contribution in [1.29, 1.82) is 0 Å². The third-order valence-electron chi connectivity index (χ3n) is 7.89. The second kappa shape index (κ2) is 7.18. The largest absolute Gasteiger partial charge is 0.369 e. The van der Waals surface area contributed by atoms with Crippen LogP contribution in [-0.2, 0) is 16.8 Å². The number of hydrogen-bond donors (Lipinski definition) is 3. The Morgan fingerprint density at radius 1 is 1.12 bits per heavy atom. The zero-order valence-corrected chi connectivity index (χ0v) is 18.0. The highest BCUT2D eigenvalue weighted by atomic mass is 16.1. The van der Waals surface area contributed by atoms with E-state index >= 15 is 0 Å². The molecular formula is C24H28N6O2. The lowest BCUT2D eigenvalue weighted by atomic mass is 9.48. The number of amides is 1.